The lowest BCUT2D eigenvalue weighted by atomic mass is 9.99. The van der Waals surface area contributed by atoms with E-state index in [4.69, 9.17) is 42.0 Å². The van der Waals surface area contributed by atoms with Crippen LogP contribution < -0.4 is 24.6 Å². The van der Waals surface area contributed by atoms with Crippen molar-refractivity contribution in [3.8, 4) is 17.2 Å². The van der Waals surface area contributed by atoms with Crippen LogP contribution in [0.5, 0.6) is 17.2 Å². The predicted molar refractivity (Wildman–Crippen MR) is 270 cm³/mol. The van der Waals surface area contributed by atoms with Crippen molar-refractivity contribution in [2.45, 2.75) is 155 Å². The number of methoxy groups -OCH3 is 1. The minimum Gasteiger partial charge on any atom is -0.466 e. The lowest BCUT2D eigenvalue weighted by molar-refractivity contribution is -0.151. The molecule has 2 aliphatic rings. The molecule has 0 N–H and O–H groups in total. The van der Waals surface area contributed by atoms with Crippen LogP contribution in [0.2, 0.25) is 48.9 Å². The Kier molecular flexibility index (Phi) is 17.1. The van der Waals surface area contributed by atoms with E-state index in [9.17, 15) is 4.79 Å². The van der Waals surface area contributed by atoms with E-state index in [-0.39, 0.29) is 41.2 Å². The molecule has 0 radical (unpaired) electrons. The second kappa shape index (κ2) is 21.2. The molecule has 3 aromatic carbocycles. The van der Waals surface area contributed by atoms with Crippen LogP contribution in [0.25, 0.3) is 6.08 Å². The number of ether oxygens (including phenoxy) is 7. The van der Waals surface area contributed by atoms with Crippen LogP contribution in [0.3, 0.4) is 0 Å². The highest BCUT2D eigenvalue weighted by molar-refractivity contribution is 6.99. The van der Waals surface area contributed by atoms with Gasteiger partial charge in [0, 0.05) is 32.9 Å². The Bertz CT molecular complexity index is 2040. The zero-order chi connectivity index (χ0) is 48.0. The summed E-state index contributed by atoms with van der Waals surface area (Å²) in [6, 6.07) is 24.1. The van der Waals surface area contributed by atoms with Gasteiger partial charge in [0.25, 0.3) is 8.32 Å². The topological polar surface area (TPSA) is 100 Å². The molecule has 1 saturated heterocycles. The number of benzene rings is 3. The fourth-order valence-corrected chi connectivity index (χ4v) is 14.8. The number of carbonyl (C=O) groups is 1. The molecule has 0 aliphatic carbocycles. The zero-order valence-electron chi connectivity index (χ0n) is 42.2. The predicted octanol–water partition coefficient (Wildman–Crippen LogP) is 11.4. The Morgan fingerprint density at radius 1 is 0.846 bits per heavy atom. The largest absolute Gasteiger partial charge is 0.466 e. The molecule has 1 unspecified atom stereocenters. The summed E-state index contributed by atoms with van der Waals surface area (Å²) in [5.74, 6) is -0.130. The summed E-state index contributed by atoms with van der Waals surface area (Å²) in [6.45, 7) is 33.5. The molecule has 0 bridgehead atoms. The number of rotatable bonds is 20. The molecule has 5 atom stereocenters. The average Bonchev–Trinajstić information content (AvgIpc) is 3.82. The van der Waals surface area contributed by atoms with Crippen molar-refractivity contribution in [3.63, 3.8) is 0 Å². The zero-order valence-corrected chi connectivity index (χ0v) is 45.2. The Labute approximate surface area is 393 Å². The number of hydrogen-bond acceptors (Lipinski definition) is 10. The molecule has 65 heavy (non-hydrogen) atoms. The number of hydrogen-bond donors (Lipinski definition) is 0. The average molecular weight is 947 g/mol. The monoisotopic (exact) mass is 946 g/mol. The summed E-state index contributed by atoms with van der Waals surface area (Å²) in [5, 5.41) is 2.28. The maximum atomic E-state index is 13.9. The molecule has 0 spiro atoms. The molecular weight excluding hydrogens is 869 g/mol. The summed E-state index contributed by atoms with van der Waals surface area (Å²) in [4.78, 5) is 13.9. The Morgan fingerprint density at radius 2 is 1.46 bits per heavy atom. The van der Waals surface area contributed by atoms with Gasteiger partial charge in [-0.25, -0.2) is 4.79 Å². The van der Waals surface area contributed by atoms with E-state index < -0.39 is 54.8 Å². The lowest BCUT2D eigenvalue weighted by Crippen LogP contribution is -2.67. The van der Waals surface area contributed by atoms with Crippen molar-refractivity contribution in [1.82, 2.24) is 0 Å². The highest BCUT2D eigenvalue weighted by atomic mass is 28.4. The fraction of sp³-hybridized carbons (Fsp3) is 0.558. The number of carbonyl (C=O) groups excluding carboxylic acids is 1. The van der Waals surface area contributed by atoms with Gasteiger partial charge in [-0.2, -0.15) is 0 Å². The third kappa shape index (κ3) is 12.9. The summed E-state index contributed by atoms with van der Waals surface area (Å²) in [7, 11) is -5.09. The normalized spacial score (nSPS) is 19.4. The van der Waals surface area contributed by atoms with Crippen molar-refractivity contribution in [3.05, 3.63) is 96.1 Å². The first-order valence-electron chi connectivity index (χ1n) is 23.2. The van der Waals surface area contributed by atoms with Crippen LogP contribution in [0, 0.1) is 5.92 Å². The molecule has 1 fully saturated rings. The van der Waals surface area contributed by atoms with Crippen LogP contribution in [-0.2, 0) is 27.8 Å². The molecule has 5 rings (SSSR count). The molecule has 0 saturated carbocycles. The molecule has 13 heteroatoms. The lowest BCUT2D eigenvalue weighted by Gasteiger charge is -2.45. The van der Waals surface area contributed by atoms with Gasteiger partial charge in [0.15, 0.2) is 32.4 Å². The maximum absolute atomic E-state index is 13.9. The van der Waals surface area contributed by atoms with E-state index in [1.165, 1.54) is 17.5 Å². The van der Waals surface area contributed by atoms with Gasteiger partial charge in [-0.05, 0) is 72.7 Å². The van der Waals surface area contributed by atoms with Crippen molar-refractivity contribution >= 4 is 47.1 Å². The van der Waals surface area contributed by atoms with Gasteiger partial charge in [0.05, 0.1) is 18.8 Å². The Balaban J connectivity index is 1.49. The van der Waals surface area contributed by atoms with Gasteiger partial charge < -0.3 is 42.0 Å². The molecule has 358 valence electrons. The molecule has 0 amide bonds. The maximum Gasteiger partial charge on any atom is 0.342 e. The molecular formula is C52H78O10Si3. The van der Waals surface area contributed by atoms with E-state index in [1.807, 2.05) is 26.0 Å². The summed E-state index contributed by atoms with van der Waals surface area (Å²) >= 11 is 0. The third-order valence-corrected chi connectivity index (χ3v) is 24.2. The second-order valence-corrected chi connectivity index (χ2v) is 36.4. The van der Waals surface area contributed by atoms with Crippen LogP contribution in [-0.4, -0.2) is 88.2 Å². The Morgan fingerprint density at radius 3 is 2.02 bits per heavy atom. The van der Waals surface area contributed by atoms with Gasteiger partial charge in [-0.15, -0.1) is 0 Å². The number of fused-ring (bicyclic) bond motifs is 1. The van der Waals surface area contributed by atoms with Crippen molar-refractivity contribution in [1.29, 1.82) is 0 Å². The van der Waals surface area contributed by atoms with Crippen LogP contribution >= 0.6 is 0 Å². The smallest absolute Gasteiger partial charge is 0.342 e. The van der Waals surface area contributed by atoms with Gasteiger partial charge in [0.1, 0.15) is 17.4 Å². The summed E-state index contributed by atoms with van der Waals surface area (Å²) in [6.07, 6.45) is 7.34. The van der Waals surface area contributed by atoms with E-state index in [0.29, 0.717) is 35.8 Å². The molecule has 10 nitrogen and oxygen atoms in total. The minimum atomic E-state index is -2.80. The molecule has 2 heterocycles. The minimum absolute atomic E-state index is 0.0165. The van der Waals surface area contributed by atoms with Gasteiger partial charge in [-0.1, -0.05) is 153 Å². The number of esters is 1. The van der Waals surface area contributed by atoms with Crippen molar-refractivity contribution in [2.75, 3.05) is 27.3 Å². The first-order valence-corrected chi connectivity index (χ1v) is 31.8. The standard InChI is InChI=1S/C52H78O10Si3/c1-37(38(2)61-65(51(6,7)8,39-24-19-17-20-25-39)40-26-21-18-22-27-40)30-31-43(62-64(15,16)50(3,4)5)48-42(59-52(9,10)60-48)29-23-28-41-46(49(53)55-32-33-63(12,13)14)44(56-35-54-11)34-45-47(41)58-36-57-45/h17-28,30-31,34,37-38,42-43,48H,29,32-33,35-36H2,1-16H3/b28-23+,31-30-/t37-,38-,42+,43?,48+/m1/s1. The van der Waals surface area contributed by atoms with Gasteiger partial charge >= 0.3 is 5.97 Å². The first kappa shape index (κ1) is 52.4. The van der Waals surface area contributed by atoms with Gasteiger partial charge in [0.2, 0.25) is 6.79 Å². The fourth-order valence-electron chi connectivity index (χ4n) is 8.07. The molecule has 3 aromatic rings. The van der Waals surface area contributed by atoms with E-state index >= 15 is 0 Å². The highest BCUT2D eigenvalue weighted by Crippen LogP contribution is 2.45. The Hall–Kier alpha value is -3.54. The van der Waals surface area contributed by atoms with Crippen LogP contribution in [0.4, 0.5) is 0 Å². The van der Waals surface area contributed by atoms with Crippen LogP contribution in [0.15, 0.2) is 85.0 Å². The quantitative estimate of drug-likeness (QED) is 0.0471. The molecule has 2 aliphatic heterocycles. The molecule has 0 aromatic heterocycles. The van der Waals surface area contributed by atoms with Crippen molar-refractivity contribution < 1.29 is 46.8 Å². The van der Waals surface area contributed by atoms with E-state index in [0.717, 1.165) is 6.04 Å². The SMILES string of the molecule is COCOc1cc2c(c(/C=C/C[C@@H]3OC(C)(C)O[C@@H]3C(/C=C\[C@@H](C)[C@@H](C)O[Si](c3ccccc3)(c3ccccc3)C(C)(C)C)O[Si](C)(C)C(C)(C)C)c1C(=O)OCC[Si](C)(C)C)OCO2. The highest BCUT2D eigenvalue weighted by Gasteiger charge is 2.52. The van der Waals surface area contributed by atoms with Crippen LogP contribution in [0.1, 0.15) is 91.6 Å². The van der Waals surface area contributed by atoms with Crippen molar-refractivity contribution in [2.24, 2.45) is 5.92 Å². The third-order valence-electron chi connectivity index (χ3n) is 12.8. The van der Waals surface area contributed by atoms with E-state index in [2.05, 4.69) is 161 Å². The van der Waals surface area contributed by atoms with E-state index in [1.54, 1.807) is 6.07 Å². The van der Waals surface area contributed by atoms with Gasteiger partial charge in [-0.3, -0.25) is 0 Å². The second-order valence-electron chi connectivity index (χ2n) is 21.7. The summed E-state index contributed by atoms with van der Waals surface area (Å²) in [5.41, 5.74) is 0.764. The first-order chi connectivity index (χ1) is 30.3. The summed E-state index contributed by atoms with van der Waals surface area (Å²) < 4.78 is 57.2.